The van der Waals surface area contributed by atoms with E-state index in [1.165, 1.54) is 0 Å². The maximum absolute atomic E-state index is 10.2. The molecule has 0 radical (unpaired) electrons. The monoisotopic (exact) mass is 266 g/mol. The van der Waals surface area contributed by atoms with Crippen LogP contribution in [0.5, 0.6) is 0 Å². The van der Waals surface area contributed by atoms with Crippen molar-refractivity contribution in [1.82, 2.24) is 0 Å². The Kier molecular flexibility index (Phi) is 3.53. The zero-order valence-corrected chi connectivity index (χ0v) is 11.6. The van der Waals surface area contributed by atoms with Crippen molar-refractivity contribution in [2.75, 3.05) is 0 Å². The molecule has 1 atom stereocenters. The molecule has 1 N–H and O–H groups in total. The Bertz CT molecular complexity index is 546. The molecule has 2 rings (SSSR count). The van der Waals surface area contributed by atoms with E-state index in [4.69, 9.17) is 16.3 Å². The predicted octanol–water partition coefficient (Wildman–Crippen LogP) is 3.34. The van der Waals surface area contributed by atoms with Crippen LogP contribution in [0.25, 0.3) is 5.57 Å². The minimum absolute atomic E-state index is 0.708. The van der Waals surface area contributed by atoms with E-state index in [1.54, 1.807) is 0 Å². The van der Waals surface area contributed by atoms with E-state index < -0.39 is 6.49 Å². The molecule has 0 spiro atoms. The number of fused-ring (bicyclic) bond motifs is 1. The summed E-state index contributed by atoms with van der Waals surface area (Å²) >= 11 is 5.18. The summed E-state index contributed by atoms with van der Waals surface area (Å²) in [5, 5.41) is 0.747. The SMILES string of the molecule is CC/C=C\C1=C(C)OP(O)(=S)c2ccccc21. The lowest BCUT2D eigenvalue weighted by molar-refractivity contribution is 0.408. The number of hydrogen-bond acceptors (Lipinski definition) is 2. The third kappa shape index (κ3) is 2.37. The molecule has 0 aliphatic carbocycles. The van der Waals surface area contributed by atoms with E-state index >= 15 is 0 Å². The van der Waals surface area contributed by atoms with E-state index in [0.29, 0.717) is 5.76 Å². The molecule has 0 saturated carbocycles. The van der Waals surface area contributed by atoms with Crippen molar-refractivity contribution < 1.29 is 9.42 Å². The van der Waals surface area contributed by atoms with Gasteiger partial charge in [-0.15, -0.1) is 0 Å². The topological polar surface area (TPSA) is 29.5 Å². The van der Waals surface area contributed by atoms with E-state index in [1.807, 2.05) is 37.3 Å². The van der Waals surface area contributed by atoms with Crippen LogP contribution in [0.1, 0.15) is 25.8 Å². The molecule has 90 valence electrons. The molecule has 1 heterocycles. The lowest BCUT2D eigenvalue weighted by Gasteiger charge is -2.27. The van der Waals surface area contributed by atoms with Crippen molar-refractivity contribution in [1.29, 1.82) is 0 Å². The average molecular weight is 266 g/mol. The fraction of sp³-hybridized carbons (Fsp3) is 0.231. The zero-order chi connectivity index (χ0) is 12.5. The molecule has 0 bridgehead atoms. The minimum atomic E-state index is -2.86. The first-order valence-electron chi connectivity index (χ1n) is 5.56. The van der Waals surface area contributed by atoms with Crippen LogP contribution in [0.2, 0.25) is 0 Å². The summed E-state index contributed by atoms with van der Waals surface area (Å²) in [5.74, 6) is 0.708. The van der Waals surface area contributed by atoms with Gasteiger partial charge in [-0.1, -0.05) is 37.3 Å². The van der Waals surface area contributed by atoms with Crippen molar-refractivity contribution in [3.8, 4) is 0 Å². The smallest absolute Gasteiger partial charge is 0.266 e. The van der Waals surface area contributed by atoms with Gasteiger partial charge in [0, 0.05) is 5.57 Å². The number of allylic oxidation sites excluding steroid dienone is 4. The summed E-state index contributed by atoms with van der Waals surface area (Å²) in [6.07, 6.45) is 5.07. The Hall–Kier alpha value is -0.890. The molecule has 1 aliphatic rings. The summed E-state index contributed by atoms with van der Waals surface area (Å²) in [6.45, 7) is 1.07. The molecule has 0 saturated heterocycles. The number of benzene rings is 1. The van der Waals surface area contributed by atoms with Crippen LogP contribution in [-0.4, -0.2) is 4.89 Å². The van der Waals surface area contributed by atoms with Gasteiger partial charge in [0.1, 0.15) is 5.76 Å². The molecule has 1 unspecified atom stereocenters. The van der Waals surface area contributed by atoms with E-state index in [2.05, 4.69) is 13.0 Å². The van der Waals surface area contributed by atoms with Crippen LogP contribution in [0.4, 0.5) is 0 Å². The Morgan fingerprint density at radius 2 is 2.12 bits per heavy atom. The van der Waals surface area contributed by atoms with Gasteiger partial charge in [-0.25, -0.2) is 0 Å². The van der Waals surface area contributed by atoms with E-state index in [-0.39, 0.29) is 0 Å². The molecule has 17 heavy (non-hydrogen) atoms. The molecule has 0 fully saturated rings. The number of hydrogen-bond donors (Lipinski definition) is 1. The van der Waals surface area contributed by atoms with Crippen molar-refractivity contribution >= 4 is 29.2 Å². The normalized spacial score (nSPS) is 23.7. The van der Waals surface area contributed by atoms with Crippen LogP contribution in [0.15, 0.2) is 42.2 Å². The molecular formula is C13H15O2PS. The zero-order valence-electron chi connectivity index (χ0n) is 9.88. The van der Waals surface area contributed by atoms with Crippen LogP contribution in [-0.2, 0) is 16.3 Å². The van der Waals surface area contributed by atoms with Crippen molar-refractivity contribution in [2.24, 2.45) is 0 Å². The first-order chi connectivity index (χ1) is 8.06. The Balaban J connectivity index is 2.62. The van der Waals surface area contributed by atoms with Gasteiger partial charge in [-0.3, -0.25) is 0 Å². The second kappa shape index (κ2) is 4.77. The van der Waals surface area contributed by atoms with Gasteiger partial charge in [-0.05, 0) is 36.8 Å². The highest BCUT2D eigenvalue weighted by molar-refractivity contribution is 8.13. The fourth-order valence-electron chi connectivity index (χ4n) is 1.86. The average Bonchev–Trinajstić information content (AvgIpc) is 2.28. The van der Waals surface area contributed by atoms with Gasteiger partial charge in [0.2, 0.25) is 0 Å². The lowest BCUT2D eigenvalue weighted by atomic mass is 10.0. The summed E-state index contributed by atoms with van der Waals surface area (Å²) in [4.78, 5) is 10.2. The Labute approximate surface area is 107 Å². The van der Waals surface area contributed by atoms with Crippen molar-refractivity contribution in [3.63, 3.8) is 0 Å². The van der Waals surface area contributed by atoms with Gasteiger partial charge in [0.25, 0.3) is 6.49 Å². The molecule has 0 aromatic heterocycles. The molecule has 2 nitrogen and oxygen atoms in total. The maximum Gasteiger partial charge on any atom is 0.266 e. The predicted molar refractivity (Wildman–Crippen MR) is 75.7 cm³/mol. The van der Waals surface area contributed by atoms with Gasteiger partial charge in [-0.2, -0.15) is 0 Å². The van der Waals surface area contributed by atoms with Crippen LogP contribution < -0.4 is 5.30 Å². The standard InChI is InChI=1S/C13H15O2PS/c1-3-4-7-11-10(2)15-16(14,17)13-9-6-5-8-12(11)13/h4-9H,3H2,1-2H3,(H,14,17)/b7-4-. The van der Waals surface area contributed by atoms with Crippen molar-refractivity contribution in [3.05, 3.63) is 47.7 Å². The quantitative estimate of drug-likeness (QED) is 0.832. The van der Waals surface area contributed by atoms with Gasteiger partial charge in [0.15, 0.2) is 0 Å². The lowest BCUT2D eigenvalue weighted by Crippen LogP contribution is -2.16. The van der Waals surface area contributed by atoms with Gasteiger partial charge < -0.3 is 9.42 Å². The Morgan fingerprint density at radius 3 is 2.82 bits per heavy atom. The van der Waals surface area contributed by atoms with Crippen LogP contribution >= 0.6 is 6.49 Å². The van der Waals surface area contributed by atoms with E-state index in [0.717, 1.165) is 22.9 Å². The highest BCUT2D eigenvalue weighted by Gasteiger charge is 2.29. The molecule has 1 aromatic carbocycles. The summed E-state index contributed by atoms with van der Waals surface area (Å²) in [6, 6.07) is 7.66. The summed E-state index contributed by atoms with van der Waals surface area (Å²) in [7, 11) is 0. The van der Waals surface area contributed by atoms with E-state index in [9.17, 15) is 4.89 Å². The minimum Gasteiger partial charge on any atom is -0.444 e. The number of rotatable bonds is 2. The first-order valence-corrected chi connectivity index (χ1v) is 8.23. The molecule has 1 aliphatic heterocycles. The maximum atomic E-state index is 10.2. The fourth-order valence-corrected chi connectivity index (χ4v) is 4.02. The molecule has 4 heteroatoms. The van der Waals surface area contributed by atoms with Gasteiger partial charge >= 0.3 is 0 Å². The third-order valence-corrected chi connectivity index (χ3v) is 4.99. The second-order valence-corrected chi connectivity index (χ2v) is 7.10. The highest BCUT2D eigenvalue weighted by Crippen LogP contribution is 2.50. The van der Waals surface area contributed by atoms with Gasteiger partial charge in [0.05, 0.1) is 5.30 Å². The Morgan fingerprint density at radius 1 is 1.41 bits per heavy atom. The summed E-state index contributed by atoms with van der Waals surface area (Å²) < 4.78 is 5.52. The van der Waals surface area contributed by atoms with Crippen LogP contribution in [0.3, 0.4) is 0 Å². The molecule has 0 amide bonds. The van der Waals surface area contributed by atoms with Crippen molar-refractivity contribution in [2.45, 2.75) is 20.3 Å². The summed E-state index contributed by atoms with van der Waals surface area (Å²) in [5.41, 5.74) is 2.00. The second-order valence-electron chi connectivity index (χ2n) is 3.91. The molecule has 1 aromatic rings. The largest absolute Gasteiger partial charge is 0.444 e. The third-order valence-electron chi connectivity index (χ3n) is 2.66. The molecular weight excluding hydrogens is 251 g/mol. The first kappa shape index (κ1) is 12.6. The highest BCUT2D eigenvalue weighted by atomic mass is 32.5. The van der Waals surface area contributed by atoms with Crippen LogP contribution in [0, 0.1) is 0 Å².